The predicted molar refractivity (Wildman–Crippen MR) is 87.5 cm³/mol. The molecule has 0 saturated heterocycles. The molecule has 1 atom stereocenters. The van der Waals surface area contributed by atoms with Gasteiger partial charge < -0.3 is 0 Å². The predicted octanol–water partition coefficient (Wildman–Crippen LogP) is 6.36. The largest absolute Gasteiger partial charge is 0.113 e. The summed E-state index contributed by atoms with van der Waals surface area (Å²) in [5.41, 5.74) is 5.60. The third-order valence-electron chi connectivity index (χ3n) is 3.40. The van der Waals surface area contributed by atoms with Crippen LogP contribution >= 0.6 is 39.1 Å². The number of halogens is 3. The van der Waals surface area contributed by atoms with Crippen molar-refractivity contribution in [3.8, 4) is 0 Å². The maximum Gasteiger partial charge on any atom is 0.0852 e. The number of alkyl halides is 1. The topological polar surface area (TPSA) is 0 Å². The highest BCUT2D eigenvalue weighted by molar-refractivity contribution is 9.10. The Balaban J connectivity index is 2.52. The fourth-order valence-corrected chi connectivity index (χ4v) is 3.23. The average Bonchev–Trinajstić information content (AvgIpc) is 2.36. The Kier molecular flexibility index (Phi) is 4.60. The molecule has 2 aromatic carbocycles. The van der Waals surface area contributed by atoms with Gasteiger partial charge in [0.05, 0.1) is 5.38 Å². The Morgan fingerprint density at radius 1 is 0.895 bits per heavy atom. The van der Waals surface area contributed by atoms with Gasteiger partial charge in [0.15, 0.2) is 0 Å². The van der Waals surface area contributed by atoms with Crippen LogP contribution in [0.4, 0.5) is 0 Å². The summed E-state index contributed by atoms with van der Waals surface area (Å²) in [5.74, 6) is 0. The molecule has 0 aliphatic rings. The summed E-state index contributed by atoms with van der Waals surface area (Å²) in [4.78, 5) is 0. The average molecular weight is 358 g/mol. The van der Waals surface area contributed by atoms with Crippen molar-refractivity contribution in [2.75, 3.05) is 0 Å². The van der Waals surface area contributed by atoms with Gasteiger partial charge in [-0.05, 0) is 66.8 Å². The molecule has 0 aliphatic carbocycles. The number of benzene rings is 2. The van der Waals surface area contributed by atoms with E-state index >= 15 is 0 Å². The maximum atomic E-state index is 6.63. The van der Waals surface area contributed by atoms with Crippen molar-refractivity contribution < 1.29 is 0 Å². The summed E-state index contributed by atoms with van der Waals surface area (Å²) in [6.07, 6.45) is 0. The van der Waals surface area contributed by atoms with E-state index in [-0.39, 0.29) is 5.38 Å². The van der Waals surface area contributed by atoms with E-state index in [1.165, 1.54) is 11.1 Å². The summed E-state index contributed by atoms with van der Waals surface area (Å²) >= 11 is 16.5. The van der Waals surface area contributed by atoms with Crippen molar-refractivity contribution in [2.24, 2.45) is 0 Å². The number of hydrogen-bond acceptors (Lipinski definition) is 0. The standard InChI is InChI=1S/C16H15BrCl2/c1-9-4-5-12(17)8-13(9)16(19)14-6-10(2)11(3)7-15(14)18/h4-8,16H,1-3H3. The van der Waals surface area contributed by atoms with E-state index in [4.69, 9.17) is 23.2 Å². The minimum absolute atomic E-state index is 0.232. The van der Waals surface area contributed by atoms with Crippen LogP contribution in [0.5, 0.6) is 0 Å². The molecule has 2 rings (SSSR count). The quantitative estimate of drug-likeness (QED) is 0.549. The lowest BCUT2D eigenvalue weighted by molar-refractivity contribution is 1.10. The molecule has 0 N–H and O–H groups in total. The minimum atomic E-state index is -0.232. The second kappa shape index (κ2) is 5.87. The number of aryl methyl sites for hydroxylation is 3. The second-order valence-corrected chi connectivity index (χ2v) is 6.58. The van der Waals surface area contributed by atoms with E-state index in [2.05, 4.69) is 54.9 Å². The summed E-state index contributed by atoms with van der Waals surface area (Å²) in [7, 11) is 0. The third-order valence-corrected chi connectivity index (χ3v) is 4.69. The van der Waals surface area contributed by atoms with Crippen molar-refractivity contribution in [1.29, 1.82) is 0 Å². The van der Waals surface area contributed by atoms with Gasteiger partial charge in [-0.1, -0.05) is 39.7 Å². The molecule has 0 amide bonds. The molecule has 1 unspecified atom stereocenters. The summed E-state index contributed by atoms with van der Waals surface area (Å²) < 4.78 is 1.03. The molecule has 19 heavy (non-hydrogen) atoms. The summed E-state index contributed by atoms with van der Waals surface area (Å²) in [6.45, 7) is 6.19. The fourth-order valence-electron chi connectivity index (χ4n) is 2.05. The van der Waals surface area contributed by atoms with Crippen LogP contribution in [0.3, 0.4) is 0 Å². The SMILES string of the molecule is Cc1cc(Cl)c(C(Cl)c2cc(Br)ccc2C)cc1C. The molecule has 100 valence electrons. The molecular weight excluding hydrogens is 343 g/mol. The molecule has 0 heterocycles. The van der Waals surface area contributed by atoms with Gasteiger partial charge in [0, 0.05) is 9.50 Å². The highest BCUT2D eigenvalue weighted by Gasteiger charge is 2.17. The maximum absolute atomic E-state index is 6.63. The van der Waals surface area contributed by atoms with Crippen LogP contribution in [-0.2, 0) is 0 Å². The number of rotatable bonds is 2. The van der Waals surface area contributed by atoms with Crippen molar-refractivity contribution in [3.05, 3.63) is 67.6 Å². The van der Waals surface area contributed by atoms with E-state index < -0.39 is 0 Å². The zero-order valence-corrected chi connectivity index (χ0v) is 14.2. The van der Waals surface area contributed by atoms with Gasteiger partial charge in [0.1, 0.15) is 0 Å². The van der Waals surface area contributed by atoms with E-state index in [1.54, 1.807) is 0 Å². The van der Waals surface area contributed by atoms with Crippen LogP contribution in [0.15, 0.2) is 34.8 Å². The van der Waals surface area contributed by atoms with Crippen LogP contribution in [0.1, 0.15) is 33.2 Å². The van der Waals surface area contributed by atoms with E-state index in [0.717, 1.165) is 26.2 Å². The first-order chi connectivity index (χ1) is 8.90. The van der Waals surface area contributed by atoms with Crippen LogP contribution in [0, 0.1) is 20.8 Å². The molecule has 0 nitrogen and oxygen atoms in total. The normalized spacial score (nSPS) is 12.5. The van der Waals surface area contributed by atoms with E-state index in [1.807, 2.05) is 12.1 Å². The van der Waals surface area contributed by atoms with Crippen molar-refractivity contribution in [3.63, 3.8) is 0 Å². The molecule has 0 spiro atoms. The molecule has 0 aromatic heterocycles. The van der Waals surface area contributed by atoms with Crippen molar-refractivity contribution in [1.82, 2.24) is 0 Å². The first kappa shape index (κ1) is 14.9. The lowest BCUT2D eigenvalue weighted by Gasteiger charge is -2.17. The minimum Gasteiger partial charge on any atom is -0.113 e. The molecule has 0 radical (unpaired) electrons. The van der Waals surface area contributed by atoms with Crippen LogP contribution in [0.25, 0.3) is 0 Å². The molecule has 0 aliphatic heterocycles. The van der Waals surface area contributed by atoms with Gasteiger partial charge in [-0.25, -0.2) is 0 Å². The van der Waals surface area contributed by atoms with Crippen LogP contribution in [0.2, 0.25) is 5.02 Å². The smallest absolute Gasteiger partial charge is 0.0852 e. The van der Waals surface area contributed by atoms with Gasteiger partial charge in [0.25, 0.3) is 0 Å². The van der Waals surface area contributed by atoms with Crippen molar-refractivity contribution in [2.45, 2.75) is 26.1 Å². The van der Waals surface area contributed by atoms with Gasteiger partial charge in [-0.2, -0.15) is 0 Å². The highest BCUT2D eigenvalue weighted by Crippen LogP contribution is 2.37. The van der Waals surface area contributed by atoms with E-state index in [0.29, 0.717) is 0 Å². The lowest BCUT2D eigenvalue weighted by Crippen LogP contribution is -1.99. The summed E-state index contributed by atoms with van der Waals surface area (Å²) in [6, 6.07) is 10.2. The zero-order chi connectivity index (χ0) is 14.2. The monoisotopic (exact) mass is 356 g/mol. The van der Waals surface area contributed by atoms with Gasteiger partial charge >= 0.3 is 0 Å². The Morgan fingerprint density at radius 2 is 1.53 bits per heavy atom. The first-order valence-electron chi connectivity index (χ1n) is 6.07. The van der Waals surface area contributed by atoms with Crippen LogP contribution in [-0.4, -0.2) is 0 Å². The highest BCUT2D eigenvalue weighted by atomic mass is 79.9. The number of hydrogen-bond donors (Lipinski definition) is 0. The molecule has 0 saturated carbocycles. The van der Waals surface area contributed by atoms with E-state index in [9.17, 15) is 0 Å². The Hall–Kier alpha value is -0.500. The first-order valence-corrected chi connectivity index (χ1v) is 7.67. The molecule has 3 heteroatoms. The molecule has 0 fully saturated rings. The third kappa shape index (κ3) is 3.16. The van der Waals surface area contributed by atoms with Gasteiger partial charge in [-0.3, -0.25) is 0 Å². The lowest BCUT2D eigenvalue weighted by atomic mass is 9.97. The van der Waals surface area contributed by atoms with Crippen LogP contribution < -0.4 is 0 Å². The zero-order valence-electron chi connectivity index (χ0n) is 11.1. The molecule has 0 bridgehead atoms. The molecule has 2 aromatic rings. The Labute approximate surface area is 132 Å². The second-order valence-electron chi connectivity index (χ2n) is 4.82. The Morgan fingerprint density at radius 3 is 2.21 bits per heavy atom. The van der Waals surface area contributed by atoms with Gasteiger partial charge in [0.2, 0.25) is 0 Å². The molecular formula is C16H15BrCl2. The Bertz CT molecular complexity index is 620. The fraction of sp³-hybridized carbons (Fsp3) is 0.250. The summed E-state index contributed by atoms with van der Waals surface area (Å²) in [5, 5.41) is 0.492. The van der Waals surface area contributed by atoms with Gasteiger partial charge in [-0.15, -0.1) is 11.6 Å². The van der Waals surface area contributed by atoms with Crippen molar-refractivity contribution >= 4 is 39.1 Å².